The van der Waals surface area contributed by atoms with Gasteiger partial charge in [-0.1, -0.05) is 24.3 Å². The van der Waals surface area contributed by atoms with E-state index in [0.29, 0.717) is 17.1 Å². The predicted molar refractivity (Wildman–Crippen MR) is 94.8 cm³/mol. The zero-order valence-corrected chi connectivity index (χ0v) is 13.5. The summed E-state index contributed by atoms with van der Waals surface area (Å²) in [6.45, 7) is 1.43. The number of nitrogens with one attached hydrogen (secondary N) is 1. The van der Waals surface area contributed by atoms with Crippen LogP contribution in [0.3, 0.4) is 0 Å². The van der Waals surface area contributed by atoms with Crippen LogP contribution in [0, 0.1) is 0 Å². The van der Waals surface area contributed by atoms with Gasteiger partial charge in [0.15, 0.2) is 5.78 Å². The van der Waals surface area contributed by atoms with Gasteiger partial charge in [-0.2, -0.15) is 0 Å². The molecule has 5 heteroatoms. The highest BCUT2D eigenvalue weighted by atomic mass is 16.1. The van der Waals surface area contributed by atoms with Crippen molar-refractivity contribution in [1.29, 1.82) is 0 Å². The molecule has 0 aliphatic rings. The number of rotatable bonds is 4. The largest absolute Gasteiger partial charge is 0.328 e. The van der Waals surface area contributed by atoms with Gasteiger partial charge in [0.05, 0.1) is 11.0 Å². The first-order valence-electron chi connectivity index (χ1n) is 7.56. The van der Waals surface area contributed by atoms with Crippen molar-refractivity contribution in [2.24, 2.45) is 7.05 Å². The number of nitrogens with zero attached hydrogens (tertiary/aromatic N) is 2. The van der Waals surface area contributed by atoms with Crippen LogP contribution in [0.2, 0.25) is 0 Å². The first-order chi connectivity index (χ1) is 11.5. The Morgan fingerprint density at radius 3 is 2.67 bits per heavy atom. The van der Waals surface area contributed by atoms with Crippen molar-refractivity contribution in [2.75, 3.05) is 5.32 Å². The van der Waals surface area contributed by atoms with E-state index in [2.05, 4.69) is 10.3 Å². The van der Waals surface area contributed by atoms with E-state index in [-0.39, 0.29) is 11.7 Å². The zero-order valence-electron chi connectivity index (χ0n) is 13.5. The molecule has 0 atom stereocenters. The van der Waals surface area contributed by atoms with Gasteiger partial charge in [-0.25, -0.2) is 4.98 Å². The van der Waals surface area contributed by atoms with Crippen LogP contribution in [0.4, 0.5) is 5.69 Å². The molecule has 0 fully saturated rings. The fourth-order valence-electron chi connectivity index (χ4n) is 2.51. The van der Waals surface area contributed by atoms with Crippen LogP contribution >= 0.6 is 0 Å². The highest BCUT2D eigenvalue weighted by molar-refractivity contribution is 6.07. The average Bonchev–Trinajstić information content (AvgIpc) is 2.89. The highest BCUT2D eigenvalue weighted by Gasteiger charge is 2.07. The molecule has 0 aliphatic carbocycles. The van der Waals surface area contributed by atoms with Crippen molar-refractivity contribution in [3.05, 3.63) is 66.0 Å². The Bertz CT molecular complexity index is 954. The molecule has 3 rings (SSSR count). The van der Waals surface area contributed by atoms with Crippen LogP contribution in [-0.2, 0) is 11.8 Å². The normalized spacial score (nSPS) is 11.1. The van der Waals surface area contributed by atoms with Crippen LogP contribution in [0.5, 0.6) is 0 Å². The van der Waals surface area contributed by atoms with Gasteiger partial charge in [0.1, 0.15) is 5.82 Å². The molecule has 120 valence electrons. The van der Waals surface area contributed by atoms with E-state index in [0.717, 1.165) is 11.0 Å². The SMILES string of the molecule is CC(=O)Nc1cccc(C(=O)/C=C/c2nc3ccccc3n2C)c1. The summed E-state index contributed by atoms with van der Waals surface area (Å²) in [7, 11) is 1.91. The Hall–Kier alpha value is -3.21. The Morgan fingerprint density at radius 2 is 1.92 bits per heavy atom. The number of aromatic nitrogens is 2. The van der Waals surface area contributed by atoms with Crippen molar-refractivity contribution in [3.63, 3.8) is 0 Å². The molecular weight excluding hydrogens is 302 g/mol. The monoisotopic (exact) mass is 319 g/mol. The van der Waals surface area contributed by atoms with Gasteiger partial charge in [-0.15, -0.1) is 0 Å². The topological polar surface area (TPSA) is 64.0 Å². The fraction of sp³-hybridized carbons (Fsp3) is 0.105. The lowest BCUT2D eigenvalue weighted by Gasteiger charge is -2.03. The van der Waals surface area contributed by atoms with Gasteiger partial charge < -0.3 is 9.88 Å². The summed E-state index contributed by atoms with van der Waals surface area (Å²) >= 11 is 0. The minimum absolute atomic E-state index is 0.144. The van der Waals surface area contributed by atoms with Crippen molar-refractivity contribution >= 4 is 34.5 Å². The molecule has 0 saturated carbocycles. The maximum Gasteiger partial charge on any atom is 0.221 e. The molecule has 0 spiro atoms. The summed E-state index contributed by atoms with van der Waals surface area (Å²) in [6.07, 6.45) is 3.20. The van der Waals surface area contributed by atoms with E-state index >= 15 is 0 Å². The number of ketones is 1. The van der Waals surface area contributed by atoms with Crippen LogP contribution in [0.1, 0.15) is 23.1 Å². The summed E-state index contributed by atoms with van der Waals surface area (Å²) in [5.41, 5.74) is 3.01. The number of para-hydroxylation sites is 2. The van der Waals surface area contributed by atoms with Crippen molar-refractivity contribution in [3.8, 4) is 0 Å². The lowest BCUT2D eigenvalue weighted by Crippen LogP contribution is -2.06. The number of hydrogen-bond donors (Lipinski definition) is 1. The van der Waals surface area contributed by atoms with Crippen molar-refractivity contribution < 1.29 is 9.59 Å². The quantitative estimate of drug-likeness (QED) is 0.592. The summed E-state index contributed by atoms with van der Waals surface area (Å²) in [4.78, 5) is 28.0. The molecule has 1 aromatic heterocycles. The van der Waals surface area contributed by atoms with E-state index < -0.39 is 0 Å². The Morgan fingerprint density at radius 1 is 1.12 bits per heavy atom. The minimum atomic E-state index is -0.171. The molecule has 0 radical (unpaired) electrons. The molecule has 1 amide bonds. The van der Waals surface area contributed by atoms with E-state index in [1.165, 1.54) is 13.0 Å². The first kappa shape index (κ1) is 15.7. The number of carbonyl (C=O) groups is 2. The van der Waals surface area contributed by atoms with E-state index in [9.17, 15) is 9.59 Å². The minimum Gasteiger partial charge on any atom is -0.328 e. The van der Waals surface area contributed by atoms with Crippen molar-refractivity contribution in [2.45, 2.75) is 6.92 Å². The van der Waals surface area contributed by atoms with Gasteiger partial charge in [0.2, 0.25) is 5.91 Å². The molecule has 1 N–H and O–H groups in total. The Balaban J connectivity index is 1.84. The van der Waals surface area contributed by atoms with Crippen LogP contribution in [0.15, 0.2) is 54.6 Å². The molecule has 3 aromatic rings. The average molecular weight is 319 g/mol. The van der Waals surface area contributed by atoms with Gasteiger partial charge in [0.25, 0.3) is 0 Å². The molecule has 0 aliphatic heterocycles. The lowest BCUT2D eigenvalue weighted by atomic mass is 10.1. The van der Waals surface area contributed by atoms with Crippen molar-refractivity contribution in [1.82, 2.24) is 9.55 Å². The molecule has 2 aromatic carbocycles. The molecular formula is C19H17N3O2. The zero-order chi connectivity index (χ0) is 17.1. The second kappa shape index (κ2) is 6.50. The predicted octanol–water partition coefficient (Wildman–Crippen LogP) is 3.43. The lowest BCUT2D eigenvalue weighted by molar-refractivity contribution is -0.114. The molecule has 0 bridgehead atoms. The van der Waals surface area contributed by atoms with Crippen LogP contribution < -0.4 is 5.32 Å². The third-order valence-corrected chi connectivity index (χ3v) is 3.67. The number of aryl methyl sites for hydroxylation is 1. The molecule has 0 unspecified atom stereocenters. The van der Waals surface area contributed by atoms with Gasteiger partial charge in [-0.05, 0) is 36.4 Å². The van der Waals surface area contributed by atoms with E-state index in [1.54, 1.807) is 30.3 Å². The number of fused-ring (bicyclic) bond motifs is 1. The summed E-state index contributed by atoms with van der Waals surface area (Å²) in [5.74, 6) is 0.395. The number of hydrogen-bond acceptors (Lipinski definition) is 3. The number of amides is 1. The number of allylic oxidation sites excluding steroid dienone is 1. The van der Waals surface area contributed by atoms with Gasteiger partial charge >= 0.3 is 0 Å². The van der Waals surface area contributed by atoms with Crippen LogP contribution in [-0.4, -0.2) is 21.2 Å². The highest BCUT2D eigenvalue weighted by Crippen LogP contribution is 2.16. The first-order valence-corrected chi connectivity index (χ1v) is 7.56. The Kier molecular flexibility index (Phi) is 4.24. The second-order valence-electron chi connectivity index (χ2n) is 5.48. The summed E-state index contributed by atoms with van der Waals surface area (Å²) in [6, 6.07) is 14.7. The molecule has 24 heavy (non-hydrogen) atoms. The molecule has 1 heterocycles. The maximum absolute atomic E-state index is 12.3. The third-order valence-electron chi connectivity index (χ3n) is 3.67. The number of benzene rings is 2. The fourth-order valence-corrected chi connectivity index (χ4v) is 2.51. The summed E-state index contributed by atoms with van der Waals surface area (Å²) in [5, 5.41) is 2.67. The third kappa shape index (κ3) is 3.25. The Labute approximate surface area is 139 Å². The molecule has 0 saturated heterocycles. The second-order valence-corrected chi connectivity index (χ2v) is 5.48. The van der Waals surface area contributed by atoms with Crippen LogP contribution in [0.25, 0.3) is 17.1 Å². The summed E-state index contributed by atoms with van der Waals surface area (Å²) < 4.78 is 1.94. The van der Waals surface area contributed by atoms with Gasteiger partial charge in [0, 0.05) is 25.2 Å². The van der Waals surface area contributed by atoms with E-state index in [1.807, 2.05) is 35.9 Å². The molecule has 5 nitrogen and oxygen atoms in total. The van der Waals surface area contributed by atoms with E-state index in [4.69, 9.17) is 0 Å². The van der Waals surface area contributed by atoms with Gasteiger partial charge in [-0.3, -0.25) is 9.59 Å². The maximum atomic E-state index is 12.3. The smallest absolute Gasteiger partial charge is 0.221 e. The number of carbonyl (C=O) groups excluding carboxylic acids is 2. The standard InChI is InChI=1S/C19H17N3O2/c1-13(23)20-15-7-5-6-14(12-15)18(24)10-11-19-21-16-8-3-4-9-17(16)22(19)2/h3-12H,1-2H3,(H,20,23)/b11-10+. The number of imidazole rings is 1. The number of anilines is 1.